The molecule has 0 amide bonds. The Labute approximate surface area is 56.1 Å². The molecular formula is C7H13O2. The minimum Gasteiger partial charge on any atom is -0.361 e. The molecule has 0 bridgehead atoms. The average Bonchev–Trinajstić information content (AvgIpc) is 1.83. The van der Waals surface area contributed by atoms with Gasteiger partial charge in [0.15, 0.2) is 0 Å². The molecule has 0 unspecified atom stereocenters. The van der Waals surface area contributed by atoms with Crippen LogP contribution in [0, 0.1) is 6.29 Å². The van der Waals surface area contributed by atoms with E-state index in [0.29, 0.717) is 13.0 Å². The molecule has 0 atom stereocenters. The van der Waals surface area contributed by atoms with Gasteiger partial charge in [-0.3, -0.25) is 0 Å². The topological polar surface area (TPSA) is 29.5 Å². The highest BCUT2D eigenvalue weighted by Crippen LogP contribution is 2.03. The van der Waals surface area contributed by atoms with Gasteiger partial charge in [0.2, 0.25) is 6.29 Å². The second-order valence-electron chi connectivity index (χ2n) is 1.99. The molecule has 0 aromatic rings. The zero-order valence-corrected chi connectivity index (χ0v) is 5.98. The Bertz CT molecular complexity index is 88.9. The highest BCUT2D eigenvalue weighted by atomic mass is 16.6. The van der Waals surface area contributed by atoms with Crippen molar-refractivity contribution in [2.75, 3.05) is 6.61 Å². The molecule has 0 saturated heterocycles. The fourth-order valence-corrected chi connectivity index (χ4v) is 0.309. The van der Waals surface area contributed by atoms with Gasteiger partial charge in [-0.1, -0.05) is 19.1 Å². The molecule has 0 fully saturated rings. The van der Waals surface area contributed by atoms with Gasteiger partial charge in [-0.2, -0.15) is 0 Å². The summed E-state index contributed by atoms with van der Waals surface area (Å²) in [5.74, 6) is 0. The summed E-state index contributed by atoms with van der Waals surface area (Å²) in [6, 6.07) is 0. The molecule has 1 N–H and O–H groups in total. The molecule has 0 saturated carbocycles. The molecule has 0 rings (SSSR count). The third kappa shape index (κ3) is 5.53. The van der Waals surface area contributed by atoms with Crippen LogP contribution in [-0.2, 0) is 4.74 Å². The van der Waals surface area contributed by atoms with Crippen LogP contribution < -0.4 is 0 Å². The van der Waals surface area contributed by atoms with Crippen molar-refractivity contribution < 1.29 is 9.84 Å². The minimum absolute atomic E-state index is 0.0815. The summed E-state index contributed by atoms with van der Waals surface area (Å²) in [6.07, 6.45) is 0.630. The molecule has 1 radical (unpaired) electrons. The van der Waals surface area contributed by atoms with Crippen LogP contribution in [0.4, 0.5) is 0 Å². The summed E-state index contributed by atoms with van der Waals surface area (Å²) in [5.41, 5.74) is 0.912. The average molecular weight is 129 g/mol. The molecule has 0 aromatic heterocycles. The third-order valence-corrected chi connectivity index (χ3v) is 0.788. The van der Waals surface area contributed by atoms with E-state index >= 15 is 0 Å². The summed E-state index contributed by atoms with van der Waals surface area (Å²) in [6.45, 7) is 7.71. The van der Waals surface area contributed by atoms with Gasteiger partial charge in [0.05, 0.1) is 6.61 Å². The first-order valence-electron chi connectivity index (χ1n) is 2.98. The Morgan fingerprint density at radius 3 is 2.56 bits per heavy atom. The Hall–Kier alpha value is -0.340. The Balaban J connectivity index is 3.16. The molecule has 0 aliphatic heterocycles. The quantitative estimate of drug-likeness (QED) is 0.587. The monoisotopic (exact) mass is 129 g/mol. The van der Waals surface area contributed by atoms with Crippen LogP contribution in [0.15, 0.2) is 12.2 Å². The van der Waals surface area contributed by atoms with E-state index in [9.17, 15) is 0 Å². The van der Waals surface area contributed by atoms with Gasteiger partial charge >= 0.3 is 0 Å². The highest BCUT2D eigenvalue weighted by Gasteiger charge is 2.00. The van der Waals surface area contributed by atoms with E-state index in [1.807, 2.05) is 13.8 Å². The number of aliphatic hydroxyl groups is 1. The lowest BCUT2D eigenvalue weighted by atomic mass is 10.4. The summed E-state index contributed by atoms with van der Waals surface area (Å²) in [5, 5.41) is 8.76. The van der Waals surface area contributed by atoms with E-state index in [0.717, 1.165) is 5.57 Å². The van der Waals surface area contributed by atoms with Crippen molar-refractivity contribution in [2.45, 2.75) is 20.3 Å². The maximum atomic E-state index is 8.76. The fourth-order valence-electron chi connectivity index (χ4n) is 0.309. The van der Waals surface area contributed by atoms with E-state index in [1.54, 1.807) is 0 Å². The van der Waals surface area contributed by atoms with E-state index in [-0.39, 0.29) is 6.29 Å². The van der Waals surface area contributed by atoms with Crippen LogP contribution in [0.25, 0.3) is 0 Å². The lowest BCUT2D eigenvalue weighted by Crippen LogP contribution is -2.02. The highest BCUT2D eigenvalue weighted by molar-refractivity contribution is 4.88. The van der Waals surface area contributed by atoms with Crippen LogP contribution in [0.1, 0.15) is 20.3 Å². The van der Waals surface area contributed by atoms with Gasteiger partial charge in [-0.05, 0) is 6.92 Å². The van der Waals surface area contributed by atoms with E-state index < -0.39 is 0 Å². The van der Waals surface area contributed by atoms with Crippen LogP contribution in [0.5, 0.6) is 0 Å². The summed E-state index contributed by atoms with van der Waals surface area (Å²) in [7, 11) is 0. The van der Waals surface area contributed by atoms with Crippen LogP contribution in [-0.4, -0.2) is 11.7 Å². The molecular weight excluding hydrogens is 116 g/mol. The molecule has 9 heavy (non-hydrogen) atoms. The Kier molecular flexibility index (Phi) is 4.36. The maximum Gasteiger partial charge on any atom is 0.221 e. The number of aliphatic hydroxyl groups excluding tert-OH is 1. The van der Waals surface area contributed by atoms with Crippen molar-refractivity contribution in [2.24, 2.45) is 0 Å². The van der Waals surface area contributed by atoms with Gasteiger partial charge in [-0.25, -0.2) is 0 Å². The molecule has 53 valence electrons. The Morgan fingerprint density at radius 2 is 2.22 bits per heavy atom. The second kappa shape index (κ2) is 4.53. The lowest BCUT2D eigenvalue weighted by Gasteiger charge is -2.05. The van der Waals surface area contributed by atoms with Crippen LogP contribution >= 0.6 is 0 Å². The molecule has 0 aliphatic carbocycles. The van der Waals surface area contributed by atoms with Gasteiger partial charge in [0.25, 0.3) is 0 Å². The first-order valence-corrected chi connectivity index (χ1v) is 2.98. The van der Waals surface area contributed by atoms with Crippen molar-refractivity contribution in [3.8, 4) is 0 Å². The molecule has 0 aromatic carbocycles. The van der Waals surface area contributed by atoms with Gasteiger partial charge in [0.1, 0.15) is 0 Å². The predicted molar refractivity (Wildman–Crippen MR) is 36.2 cm³/mol. The first-order chi connectivity index (χ1) is 4.16. The SMILES string of the molecule is C=C(C)CO[C](O)CC. The number of ether oxygens (including phenoxy) is 1. The maximum absolute atomic E-state index is 8.76. The lowest BCUT2D eigenvalue weighted by molar-refractivity contribution is 0.0127. The first kappa shape index (κ1) is 8.66. The second-order valence-corrected chi connectivity index (χ2v) is 1.99. The normalized spacial score (nSPS) is 10.2. The number of hydrogen-bond donors (Lipinski definition) is 1. The smallest absolute Gasteiger partial charge is 0.221 e. The molecule has 2 nitrogen and oxygen atoms in total. The van der Waals surface area contributed by atoms with E-state index in [1.165, 1.54) is 0 Å². The van der Waals surface area contributed by atoms with E-state index in [2.05, 4.69) is 6.58 Å². The van der Waals surface area contributed by atoms with Crippen molar-refractivity contribution in [3.63, 3.8) is 0 Å². The predicted octanol–water partition coefficient (Wildman–Crippen LogP) is 1.85. The largest absolute Gasteiger partial charge is 0.361 e. The number of hydrogen-bond acceptors (Lipinski definition) is 2. The summed E-state index contributed by atoms with van der Waals surface area (Å²) < 4.78 is 4.83. The number of rotatable bonds is 4. The van der Waals surface area contributed by atoms with Gasteiger partial charge < -0.3 is 9.84 Å². The standard InChI is InChI=1S/C7H13O2/c1-4-7(8)9-5-6(2)3/h8H,2,4-5H2,1,3H3. The zero-order valence-electron chi connectivity index (χ0n) is 5.98. The molecule has 0 heterocycles. The molecule has 0 spiro atoms. The van der Waals surface area contributed by atoms with Gasteiger partial charge in [-0.15, -0.1) is 0 Å². The Morgan fingerprint density at radius 1 is 1.67 bits per heavy atom. The van der Waals surface area contributed by atoms with Crippen molar-refractivity contribution in [1.29, 1.82) is 0 Å². The summed E-state index contributed by atoms with van der Waals surface area (Å²) in [4.78, 5) is 0. The van der Waals surface area contributed by atoms with Gasteiger partial charge in [0, 0.05) is 6.42 Å². The molecule has 2 heteroatoms. The van der Waals surface area contributed by atoms with Crippen molar-refractivity contribution >= 4 is 0 Å². The van der Waals surface area contributed by atoms with Crippen molar-refractivity contribution in [3.05, 3.63) is 18.4 Å². The third-order valence-electron chi connectivity index (χ3n) is 0.788. The van der Waals surface area contributed by atoms with Crippen LogP contribution in [0.2, 0.25) is 0 Å². The van der Waals surface area contributed by atoms with Crippen molar-refractivity contribution in [1.82, 2.24) is 0 Å². The minimum atomic E-state index is 0.0815. The molecule has 0 aliphatic rings. The van der Waals surface area contributed by atoms with Crippen LogP contribution in [0.3, 0.4) is 0 Å². The summed E-state index contributed by atoms with van der Waals surface area (Å²) >= 11 is 0. The van der Waals surface area contributed by atoms with E-state index in [4.69, 9.17) is 9.84 Å². The fraction of sp³-hybridized carbons (Fsp3) is 0.571. The zero-order chi connectivity index (χ0) is 7.28.